The molecule has 0 atom stereocenters. The minimum absolute atomic E-state index is 0.185. The fourth-order valence-corrected chi connectivity index (χ4v) is 3.47. The van der Waals surface area contributed by atoms with E-state index in [9.17, 15) is 4.79 Å². The van der Waals surface area contributed by atoms with Crippen LogP contribution in [0.2, 0.25) is 0 Å². The van der Waals surface area contributed by atoms with Gasteiger partial charge >= 0.3 is 0 Å². The monoisotopic (exact) mass is 338 g/mol. The summed E-state index contributed by atoms with van der Waals surface area (Å²) >= 11 is 0. The highest BCUT2D eigenvalue weighted by atomic mass is 16.3. The molecule has 0 radical (unpaired) electrons. The molecule has 4 nitrogen and oxygen atoms in total. The molecular weight excluding hydrogens is 312 g/mol. The Bertz CT molecular complexity index is 677. The molecular formula is C21H26N2O2. The van der Waals surface area contributed by atoms with Gasteiger partial charge in [0.15, 0.2) is 0 Å². The molecule has 1 N–H and O–H groups in total. The van der Waals surface area contributed by atoms with Gasteiger partial charge in [0.2, 0.25) is 5.91 Å². The Labute approximate surface area is 149 Å². The summed E-state index contributed by atoms with van der Waals surface area (Å²) in [6.07, 6.45) is 1.93. The lowest BCUT2D eigenvalue weighted by molar-refractivity contribution is -0.135. The number of carbonyl (C=O) groups excluding carboxylic acids is 1. The van der Waals surface area contributed by atoms with Gasteiger partial charge in [0.1, 0.15) is 6.61 Å². The zero-order valence-electron chi connectivity index (χ0n) is 14.8. The van der Waals surface area contributed by atoms with Crippen molar-refractivity contribution in [2.75, 3.05) is 26.7 Å². The lowest BCUT2D eigenvalue weighted by atomic mass is 10.0. The van der Waals surface area contributed by atoms with Crippen LogP contribution in [0, 0.1) is 0 Å². The summed E-state index contributed by atoms with van der Waals surface area (Å²) in [5, 5.41) is 8.99. The van der Waals surface area contributed by atoms with Gasteiger partial charge in [-0.05, 0) is 29.5 Å². The smallest absolute Gasteiger partial charge is 0.248 e. The molecule has 2 aromatic carbocycles. The second-order valence-electron chi connectivity index (χ2n) is 6.73. The van der Waals surface area contributed by atoms with E-state index in [0.717, 1.165) is 32.5 Å². The summed E-state index contributed by atoms with van der Waals surface area (Å²) in [5.41, 5.74) is 3.80. The van der Waals surface area contributed by atoms with E-state index < -0.39 is 6.61 Å². The number of piperidine rings is 1. The van der Waals surface area contributed by atoms with Crippen LogP contribution >= 0.6 is 0 Å². The fourth-order valence-electron chi connectivity index (χ4n) is 3.47. The average Bonchev–Trinajstić information content (AvgIpc) is 2.68. The highest BCUT2D eigenvalue weighted by Gasteiger charge is 2.24. The molecule has 132 valence electrons. The Hall–Kier alpha value is -2.17. The van der Waals surface area contributed by atoms with E-state index in [1.165, 1.54) is 16.7 Å². The van der Waals surface area contributed by atoms with Crippen molar-refractivity contribution >= 4 is 5.91 Å². The molecule has 0 saturated carbocycles. The van der Waals surface area contributed by atoms with Crippen molar-refractivity contribution in [3.05, 3.63) is 60.2 Å². The summed E-state index contributed by atoms with van der Waals surface area (Å²) in [4.78, 5) is 15.7. The number of likely N-dealkylation sites (N-methyl/N-ethyl adjacent to an activating group) is 1. The topological polar surface area (TPSA) is 43.8 Å². The largest absolute Gasteiger partial charge is 0.387 e. The van der Waals surface area contributed by atoms with Gasteiger partial charge in [-0.15, -0.1) is 0 Å². The minimum atomic E-state index is -0.398. The molecule has 0 spiro atoms. The van der Waals surface area contributed by atoms with Gasteiger partial charge in [0, 0.05) is 32.7 Å². The van der Waals surface area contributed by atoms with Crippen LogP contribution in [0.1, 0.15) is 18.4 Å². The number of amides is 1. The van der Waals surface area contributed by atoms with Gasteiger partial charge < -0.3 is 10.0 Å². The first-order chi connectivity index (χ1) is 12.2. The molecule has 0 unspecified atom stereocenters. The SMILES string of the molecule is CN(C(=O)CO)C1CCN(Cc2ccc(-c3ccccc3)cc2)CC1. The van der Waals surface area contributed by atoms with Gasteiger partial charge in [0.05, 0.1) is 0 Å². The van der Waals surface area contributed by atoms with E-state index >= 15 is 0 Å². The normalized spacial score (nSPS) is 15.9. The van der Waals surface area contributed by atoms with Crippen LogP contribution in [0.5, 0.6) is 0 Å². The third kappa shape index (κ3) is 4.47. The Morgan fingerprint density at radius 2 is 1.64 bits per heavy atom. The van der Waals surface area contributed by atoms with Crippen molar-refractivity contribution in [3.8, 4) is 11.1 Å². The highest BCUT2D eigenvalue weighted by molar-refractivity contribution is 5.77. The van der Waals surface area contributed by atoms with Gasteiger partial charge in [-0.25, -0.2) is 0 Å². The number of nitrogens with zero attached hydrogens (tertiary/aromatic N) is 2. The van der Waals surface area contributed by atoms with Crippen molar-refractivity contribution in [1.29, 1.82) is 0 Å². The van der Waals surface area contributed by atoms with Gasteiger partial charge in [-0.2, -0.15) is 0 Å². The van der Waals surface area contributed by atoms with Crippen LogP contribution in [-0.4, -0.2) is 53.6 Å². The zero-order chi connectivity index (χ0) is 17.6. The number of aliphatic hydroxyl groups is 1. The van der Waals surface area contributed by atoms with Crippen molar-refractivity contribution in [3.63, 3.8) is 0 Å². The third-order valence-electron chi connectivity index (χ3n) is 5.10. The number of carbonyl (C=O) groups is 1. The maximum Gasteiger partial charge on any atom is 0.248 e. The number of hydrogen-bond acceptors (Lipinski definition) is 3. The molecule has 1 fully saturated rings. The molecule has 3 rings (SSSR count). The Balaban J connectivity index is 1.53. The van der Waals surface area contributed by atoms with Crippen LogP contribution in [-0.2, 0) is 11.3 Å². The highest BCUT2D eigenvalue weighted by Crippen LogP contribution is 2.21. The molecule has 25 heavy (non-hydrogen) atoms. The fraction of sp³-hybridized carbons (Fsp3) is 0.381. The molecule has 1 amide bonds. The van der Waals surface area contributed by atoms with E-state index in [0.29, 0.717) is 0 Å². The van der Waals surface area contributed by atoms with Gasteiger partial charge in [0.25, 0.3) is 0 Å². The van der Waals surface area contributed by atoms with Crippen molar-refractivity contribution in [1.82, 2.24) is 9.80 Å². The molecule has 1 aliphatic rings. The molecule has 4 heteroatoms. The first-order valence-electron chi connectivity index (χ1n) is 8.90. The summed E-state index contributed by atoms with van der Waals surface area (Å²) in [6, 6.07) is 19.4. The molecule has 1 saturated heterocycles. The number of aliphatic hydroxyl groups excluding tert-OH is 1. The van der Waals surface area contributed by atoms with Gasteiger partial charge in [-0.1, -0.05) is 54.6 Å². The van der Waals surface area contributed by atoms with Crippen molar-refractivity contribution in [2.24, 2.45) is 0 Å². The lowest BCUT2D eigenvalue weighted by Crippen LogP contribution is -2.46. The quantitative estimate of drug-likeness (QED) is 0.912. The maximum absolute atomic E-state index is 11.6. The molecule has 1 aliphatic heterocycles. The Morgan fingerprint density at radius 1 is 1.04 bits per heavy atom. The standard InChI is InChI=1S/C21H26N2O2/c1-22(21(25)16-24)20-11-13-23(14-12-20)15-17-7-9-19(10-8-17)18-5-3-2-4-6-18/h2-10,20,24H,11-16H2,1H3. The van der Waals surface area contributed by atoms with Crippen LogP contribution in [0.3, 0.4) is 0 Å². The summed E-state index contributed by atoms with van der Waals surface area (Å²) in [7, 11) is 1.79. The molecule has 1 heterocycles. The van der Waals surface area contributed by atoms with E-state index in [1.807, 2.05) is 6.07 Å². The average molecular weight is 338 g/mol. The lowest BCUT2D eigenvalue weighted by Gasteiger charge is -2.36. The van der Waals surface area contributed by atoms with Crippen LogP contribution in [0.25, 0.3) is 11.1 Å². The molecule has 2 aromatic rings. The van der Waals surface area contributed by atoms with E-state index in [1.54, 1.807) is 11.9 Å². The molecule has 0 aromatic heterocycles. The zero-order valence-corrected chi connectivity index (χ0v) is 14.8. The van der Waals surface area contributed by atoms with Crippen LogP contribution in [0.4, 0.5) is 0 Å². The van der Waals surface area contributed by atoms with Gasteiger partial charge in [-0.3, -0.25) is 9.69 Å². The first-order valence-corrected chi connectivity index (χ1v) is 8.90. The Kier molecular flexibility index (Phi) is 5.84. The number of rotatable bonds is 5. The summed E-state index contributed by atoms with van der Waals surface area (Å²) in [5.74, 6) is -0.185. The second-order valence-corrected chi connectivity index (χ2v) is 6.73. The minimum Gasteiger partial charge on any atom is -0.387 e. The summed E-state index contributed by atoms with van der Waals surface area (Å²) < 4.78 is 0. The van der Waals surface area contributed by atoms with Crippen molar-refractivity contribution in [2.45, 2.75) is 25.4 Å². The molecule has 0 aliphatic carbocycles. The van der Waals surface area contributed by atoms with Crippen LogP contribution < -0.4 is 0 Å². The predicted octanol–water partition coefficient (Wildman–Crippen LogP) is 2.77. The number of likely N-dealkylation sites (tertiary alicyclic amines) is 1. The molecule has 0 bridgehead atoms. The summed E-state index contributed by atoms with van der Waals surface area (Å²) in [6.45, 7) is 2.51. The Morgan fingerprint density at radius 3 is 2.24 bits per heavy atom. The van der Waals surface area contributed by atoms with Crippen LogP contribution in [0.15, 0.2) is 54.6 Å². The van der Waals surface area contributed by atoms with E-state index in [2.05, 4.69) is 53.4 Å². The number of hydrogen-bond donors (Lipinski definition) is 1. The third-order valence-corrected chi connectivity index (χ3v) is 5.10. The number of benzene rings is 2. The first kappa shape index (κ1) is 17.6. The van der Waals surface area contributed by atoms with E-state index in [-0.39, 0.29) is 11.9 Å². The predicted molar refractivity (Wildman–Crippen MR) is 100 cm³/mol. The van der Waals surface area contributed by atoms with Crippen molar-refractivity contribution < 1.29 is 9.90 Å². The van der Waals surface area contributed by atoms with E-state index in [4.69, 9.17) is 5.11 Å². The maximum atomic E-state index is 11.6. The second kappa shape index (κ2) is 8.28.